The molecule has 0 spiro atoms. The van der Waals surface area contributed by atoms with Crippen molar-refractivity contribution in [2.45, 2.75) is 111 Å². The van der Waals surface area contributed by atoms with E-state index in [0.717, 1.165) is 17.7 Å². The predicted molar refractivity (Wildman–Crippen MR) is 282 cm³/mol. The SMILES string of the molecule is CCCN(CCC)C(=O)C1=Cc2ccc(C(=O)Nc3cncc(CNC(=O)OCc4ccc(NC(=O)[C@H](CCCNC(N)=O)NC(=O)[C@@H](NC(=O)CCCCCN5C(=O)C=CC5=O)C(C)C)cc4)c3)cc2N=C(N)C1. The van der Waals surface area contributed by atoms with Gasteiger partial charge in [-0.15, -0.1) is 0 Å². The molecule has 2 atom stereocenters. The first-order valence-electron chi connectivity index (χ1n) is 25.1. The van der Waals surface area contributed by atoms with Crippen molar-refractivity contribution in [3.63, 3.8) is 0 Å². The second-order valence-corrected chi connectivity index (χ2v) is 18.4. The van der Waals surface area contributed by atoms with Gasteiger partial charge in [-0.1, -0.05) is 52.3 Å². The van der Waals surface area contributed by atoms with Gasteiger partial charge < -0.3 is 53.0 Å². The Hall–Kier alpha value is -8.43. The molecule has 0 fully saturated rings. The van der Waals surface area contributed by atoms with Gasteiger partial charge in [-0.2, -0.15) is 0 Å². The van der Waals surface area contributed by atoms with Gasteiger partial charge in [0.05, 0.1) is 17.6 Å². The number of carbonyl (C=O) groups excluding carboxylic acids is 9. The fourth-order valence-electron chi connectivity index (χ4n) is 8.08. The van der Waals surface area contributed by atoms with E-state index >= 15 is 0 Å². The number of aromatic nitrogens is 1. The maximum absolute atomic E-state index is 13.6. The van der Waals surface area contributed by atoms with Gasteiger partial charge >= 0.3 is 12.1 Å². The van der Waals surface area contributed by atoms with Gasteiger partial charge in [-0.3, -0.25) is 43.4 Å². The Bertz CT molecular complexity index is 2640. The minimum absolute atomic E-state index is 0.0301. The van der Waals surface area contributed by atoms with Crippen LogP contribution in [0.4, 0.5) is 26.7 Å². The van der Waals surface area contributed by atoms with Gasteiger partial charge in [0, 0.05) is 86.3 Å². The number of fused-ring (bicyclic) bond motifs is 1. The first-order chi connectivity index (χ1) is 35.9. The molecule has 0 radical (unpaired) electrons. The number of amidine groups is 1. The largest absolute Gasteiger partial charge is 0.445 e. The highest BCUT2D eigenvalue weighted by Crippen LogP contribution is 2.29. The van der Waals surface area contributed by atoms with Crippen LogP contribution in [0.25, 0.3) is 6.08 Å². The smallest absolute Gasteiger partial charge is 0.407 e. The van der Waals surface area contributed by atoms with E-state index in [1.165, 1.54) is 24.5 Å². The number of ether oxygens (including phenoxy) is 1. The van der Waals surface area contributed by atoms with Crippen molar-refractivity contribution >= 4 is 82.4 Å². The molecule has 22 nitrogen and oxygen atoms in total. The van der Waals surface area contributed by atoms with E-state index < -0.39 is 41.9 Å². The summed E-state index contributed by atoms with van der Waals surface area (Å²) in [7, 11) is 0. The number of benzene rings is 2. The van der Waals surface area contributed by atoms with Crippen molar-refractivity contribution in [3.05, 3.63) is 101 Å². The van der Waals surface area contributed by atoms with Crippen LogP contribution >= 0.6 is 0 Å². The number of rotatable bonds is 27. The summed E-state index contributed by atoms with van der Waals surface area (Å²) in [5.41, 5.74) is 15.3. The lowest BCUT2D eigenvalue weighted by Crippen LogP contribution is -2.54. The van der Waals surface area contributed by atoms with E-state index in [0.29, 0.717) is 77.2 Å². The van der Waals surface area contributed by atoms with E-state index in [1.54, 1.807) is 68.5 Å². The maximum Gasteiger partial charge on any atom is 0.407 e. The van der Waals surface area contributed by atoms with Crippen LogP contribution < -0.4 is 43.4 Å². The number of imide groups is 1. The molecule has 5 rings (SSSR count). The van der Waals surface area contributed by atoms with E-state index in [1.807, 2.05) is 18.7 Å². The lowest BCUT2D eigenvalue weighted by Gasteiger charge is -2.25. The van der Waals surface area contributed by atoms with E-state index in [4.69, 9.17) is 16.2 Å². The highest BCUT2D eigenvalue weighted by Gasteiger charge is 2.29. The Kier molecular flexibility index (Phi) is 22.0. The number of nitrogens with one attached hydrogen (secondary N) is 6. The van der Waals surface area contributed by atoms with Gasteiger partial charge in [0.2, 0.25) is 23.6 Å². The monoisotopic (exact) mass is 1030 g/mol. The minimum Gasteiger partial charge on any atom is -0.445 e. The zero-order chi connectivity index (χ0) is 54.4. The number of nitrogens with zero attached hydrogens (tertiary/aromatic N) is 4. The molecule has 22 heteroatoms. The molecule has 2 aliphatic heterocycles. The normalized spacial score (nSPS) is 13.6. The van der Waals surface area contributed by atoms with Crippen LogP contribution in [0.3, 0.4) is 0 Å². The molecule has 10 N–H and O–H groups in total. The number of hydrogen-bond acceptors (Lipinski definition) is 13. The first kappa shape index (κ1) is 57.5. The summed E-state index contributed by atoms with van der Waals surface area (Å²) >= 11 is 0. The number of amides is 10. The van der Waals surface area contributed by atoms with Gasteiger partial charge in [-0.25, -0.2) is 14.6 Å². The Labute approximate surface area is 435 Å². The number of primary amides is 1. The Balaban J connectivity index is 1.09. The van der Waals surface area contributed by atoms with E-state index in [-0.39, 0.29) is 87.3 Å². The van der Waals surface area contributed by atoms with Crippen LogP contribution in [0.15, 0.2) is 83.6 Å². The lowest BCUT2D eigenvalue weighted by molar-refractivity contribution is -0.137. The molecule has 75 heavy (non-hydrogen) atoms. The summed E-state index contributed by atoms with van der Waals surface area (Å²) < 4.78 is 5.41. The molecule has 0 unspecified atom stereocenters. The third-order valence-electron chi connectivity index (χ3n) is 11.9. The molecule has 1 aromatic heterocycles. The summed E-state index contributed by atoms with van der Waals surface area (Å²) in [6, 6.07) is 10.3. The average Bonchev–Trinajstić information content (AvgIpc) is 3.59. The van der Waals surface area contributed by atoms with Crippen molar-refractivity contribution in [1.82, 2.24) is 36.1 Å². The molecule has 0 saturated heterocycles. The number of pyridine rings is 1. The molecule has 0 saturated carbocycles. The second kappa shape index (κ2) is 28.7. The zero-order valence-corrected chi connectivity index (χ0v) is 42.9. The topological polar surface area (TPSA) is 319 Å². The van der Waals surface area contributed by atoms with Crippen LogP contribution in [-0.2, 0) is 46.7 Å². The fourth-order valence-corrected chi connectivity index (χ4v) is 8.08. The Morgan fingerprint density at radius 2 is 1.52 bits per heavy atom. The zero-order valence-electron chi connectivity index (χ0n) is 42.9. The molecule has 3 heterocycles. The first-order valence-corrected chi connectivity index (χ1v) is 25.1. The molecule has 0 aliphatic carbocycles. The number of anilines is 2. The average molecular weight is 1030 g/mol. The van der Waals surface area contributed by atoms with Gasteiger partial charge in [0.15, 0.2) is 0 Å². The number of carbonyl (C=O) groups is 9. The molecule has 400 valence electrons. The van der Waals surface area contributed by atoms with Crippen molar-refractivity contribution < 1.29 is 47.9 Å². The molecule has 10 amide bonds. The summed E-state index contributed by atoms with van der Waals surface area (Å²) in [4.78, 5) is 126. The van der Waals surface area contributed by atoms with Crippen molar-refractivity contribution in [2.75, 3.05) is 36.8 Å². The Morgan fingerprint density at radius 3 is 2.20 bits per heavy atom. The maximum atomic E-state index is 13.6. The predicted octanol–water partition coefficient (Wildman–Crippen LogP) is 4.68. The van der Waals surface area contributed by atoms with Gasteiger partial charge in [0.25, 0.3) is 17.7 Å². The number of aliphatic imine (C=N–C) groups is 1. The van der Waals surface area contributed by atoms with Crippen LogP contribution in [0.1, 0.15) is 113 Å². The van der Waals surface area contributed by atoms with E-state index in [9.17, 15) is 43.2 Å². The number of hydrogen-bond donors (Lipinski definition) is 8. The number of alkyl carbamates (subject to hydrolysis) is 1. The molecule has 2 aliphatic rings. The highest BCUT2D eigenvalue weighted by atomic mass is 16.5. The number of unbranched alkanes of at least 4 members (excludes halogenated alkanes) is 2. The Morgan fingerprint density at radius 1 is 0.800 bits per heavy atom. The highest BCUT2D eigenvalue weighted by molar-refractivity contribution is 6.13. The quantitative estimate of drug-likeness (QED) is 0.0381. The van der Waals surface area contributed by atoms with Crippen molar-refractivity contribution in [2.24, 2.45) is 22.4 Å². The van der Waals surface area contributed by atoms with E-state index in [2.05, 4.69) is 41.9 Å². The molecule has 2 aromatic carbocycles. The fraction of sp³-hybridized carbons (Fsp3) is 0.415. The van der Waals surface area contributed by atoms with Gasteiger partial charge in [-0.05, 0) is 92.0 Å². The van der Waals surface area contributed by atoms with Crippen LogP contribution in [0.5, 0.6) is 0 Å². The number of urea groups is 1. The second-order valence-electron chi connectivity index (χ2n) is 18.4. The lowest BCUT2D eigenvalue weighted by atomic mass is 10.0. The van der Waals surface area contributed by atoms with Crippen molar-refractivity contribution in [1.29, 1.82) is 0 Å². The van der Waals surface area contributed by atoms with Gasteiger partial charge in [0.1, 0.15) is 24.5 Å². The van der Waals surface area contributed by atoms with Crippen LogP contribution in [0.2, 0.25) is 0 Å². The third-order valence-corrected chi connectivity index (χ3v) is 11.9. The summed E-state index contributed by atoms with van der Waals surface area (Å²) in [6.45, 7) is 9.14. The van der Waals surface area contributed by atoms with Crippen LogP contribution in [-0.4, -0.2) is 112 Å². The molecule has 0 bridgehead atoms. The summed E-state index contributed by atoms with van der Waals surface area (Å²) in [6.07, 6.45) is 10.4. The number of nitrogens with two attached hydrogens (primary N) is 2. The standard InChI is InChI=1S/C53H68N12O10/c1-5-22-64(23-6-2)51(72)38-26-36-15-16-37(27-42(36)61-43(54)28-38)48(69)60-40-25-35(29-56-31-40)30-58-53(74)75-32-34-13-17-39(18-14-34)59-49(70)41(11-10-21-57-52(55)73)62-50(71)47(33(3)4)63-44(66)12-8-7-9-24-65-45(67)19-20-46(65)68/h13-20,25-27,29,31,33,41,47H,5-12,21-24,28,30,32H2,1-4H3,(H2,54,61)(H,58,74)(H,59,70)(H,60,69)(H,62,71)(H,63,66)(H3,55,57,73)/t41-,47-/m0/s1. The molecular weight excluding hydrogens is 965 g/mol. The van der Waals surface area contributed by atoms with Crippen LogP contribution in [0, 0.1) is 5.92 Å². The molecular formula is C53H68N12O10. The summed E-state index contributed by atoms with van der Waals surface area (Å²) in [5.74, 6) is -2.83. The molecule has 3 aromatic rings. The summed E-state index contributed by atoms with van der Waals surface area (Å²) in [5, 5.41) is 16.2. The van der Waals surface area contributed by atoms with Crippen molar-refractivity contribution in [3.8, 4) is 0 Å². The third kappa shape index (κ3) is 18.2. The minimum atomic E-state index is -1.07.